The van der Waals surface area contributed by atoms with Crippen molar-refractivity contribution >= 4 is 0 Å². The maximum atomic E-state index is 9.82. The molecule has 0 aromatic heterocycles. The average molecular weight is 223 g/mol. The van der Waals surface area contributed by atoms with E-state index in [1.807, 2.05) is 0 Å². The fourth-order valence-corrected chi connectivity index (χ4v) is 2.46. The number of unbranched alkanes of at least 4 members (excludes halogenated alkanes) is 2. The summed E-state index contributed by atoms with van der Waals surface area (Å²) in [5.41, 5.74) is 0. The Hall–Kier alpha value is -0.520. The van der Waals surface area contributed by atoms with E-state index < -0.39 is 0 Å². The first-order valence-corrected chi connectivity index (χ1v) is 6.65. The Balaban J connectivity index is 1.89. The van der Waals surface area contributed by atoms with Gasteiger partial charge in [0.15, 0.2) is 0 Å². The molecule has 0 aromatic carbocycles. The van der Waals surface area contributed by atoms with Crippen LogP contribution in [0.25, 0.3) is 0 Å². The van der Waals surface area contributed by atoms with E-state index in [0.717, 1.165) is 44.7 Å². The van der Waals surface area contributed by atoms with E-state index in [1.54, 1.807) is 0 Å². The maximum absolute atomic E-state index is 9.82. The van der Waals surface area contributed by atoms with Crippen LogP contribution in [0.15, 0.2) is 0 Å². The van der Waals surface area contributed by atoms with Gasteiger partial charge < -0.3 is 10.4 Å². The van der Waals surface area contributed by atoms with Gasteiger partial charge in [-0.25, -0.2) is 0 Å². The van der Waals surface area contributed by atoms with Crippen molar-refractivity contribution in [1.82, 2.24) is 5.32 Å². The summed E-state index contributed by atoms with van der Waals surface area (Å²) in [7, 11) is 0. The van der Waals surface area contributed by atoms with Crippen molar-refractivity contribution in [1.29, 1.82) is 0 Å². The average Bonchev–Trinajstić information content (AvgIpc) is 2.76. The van der Waals surface area contributed by atoms with Gasteiger partial charge in [0.05, 0.1) is 6.10 Å². The Labute approximate surface area is 99.8 Å². The minimum absolute atomic E-state index is 0.157. The van der Waals surface area contributed by atoms with Gasteiger partial charge >= 0.3 is 0 Å². The van der Waals surface area contributed by atoms with Crippen LogP contribution < -0.4 is 5.32 Å². The molecule has 2 N–H and O–H groups in total. The monoisotopic (exact) mass is 223 g/mol. The first-order valence-electron chi connectivity index (χ1n) is 6.65. The lowest BCUT2D eigenvalue weighted by Gasteiger charge is -2.15. The van der Waals surface area contributed by atoms with Gasteiger partial charge in [0, 0.05) is 13.0 Å². The molecule has 0 radical (unpaired) electrons. The van der Waals surface area contributed by atoms with Crippen molar-refractivity contribution in [2.24, 2.45) is 5.92 Å². The maximum Gasteiger partial charge on any atom is 0.0667 e. The summed E-state index contributed by atoms with van der Waals surface area (Å²) in [5.74, 6) is 3.41. The molecule has 1 rings (SSSR count). The van der Waals surface area contributed by atoms with E-state index in [1.165, 1.54) is 25.7 Å². The summed E-state index contributed by atoms with van der Waals surface area (Å²) in [6, 6.07) is 0. The van der Waals surface area contributed by atoms with Crippen LogP contribution in [0, 0.1) is 18.3 Å². The van der Waals surface area contributed by atoms with Crippen LogP contribution in [0.5, 0.6) is 0 Å². The highest BCUT2D eigenvalue weighted by molar-refractivity contribution is 4.82. The molecule has 1 aliphatic carbocycles. The summed E-state index contributed by atoms with van der Waals surface area (Å²) in [6.45, 7) is 1.72. The van der Waals surface area contributed by atoms with Crippen molar-refractivity contribution < 1.29 is 5.11 Å². The molecular formula is C14H25NO. The van der Waals surface area contributed by atoms with Gasteiger partial charge in [-0.05, 0) is 31.7 Å². The lowest BCUT2D eigenvalue weighted by atomic mass is 10.00. The molecule has 1 atom stereocenters. The lowest BCUT2D eigenvalue weighted by Crippen LogP contribution is -2.28. The third kappa shape index (κ3) is 6.15. The second-order valence-electron chi connectivity index (χ2n) is 4.91. The third-order valence-corrected chi connectivity index (χ3v) is 3.38. The van der Waals surface area contributed by atoms with Crippen molar-refractivity contribution in [3.8, 4) is 12.3 Å². The molecule has 2 nitrogen and oxygen atoms in total. The molecule has 1 saturated carbocycles. The Morgan fingerprint density at radius 1 is 1.31 bits per heavy atom. The van der Waals surface area contributed by atoms with Crippen molar-refractivity contribution in [2.75, 3.05) is 13.1 Å². The summed E-state index contributed by atoms with van der Waals surface area (Å²) in [5, 5.41) is 13.1. The number of nitrogens with one attached hydrogen (secondary N) is 1. The number of terminal acetylenes is 1. The van der Waals surface area contributed by atoms with Crippen molar-refractivity contribution in [3.63, 3.8) is 0 Å². The Bertz CT molecular complexity index is 203. The SMILES string of the molecule is C#CCCCCNCC(O)CC1CCCC1. The van der Waals surface area contributed by atoms with Gasteiger partial charge in [0.1, 0.15) is 0 Å². The predicted octanol–water partition coefficient (Wildman–Crippen LogP) is 2.32. The van der Waals surface area contributed by atoms with Crippen LogP contribution in [0.1, 0.15) is 51.4 Å². The topological polar surface area (TPSA) is 32.3 Å². The molecule has 0 bridgehead atoms. The summed E-state index contributed by atoms with van der Waals surface area (Å²) in [4.78, 5) is 0. The molecular weight excluding hydrogens is 198 g/mol. The summed E-state index contributed by atoms with van der Waals surface area (Å²) >= 11 is 0. The molecule has 2 heteroatoms. The van der Waals surface area contributed by atoms with Gasteiger partial charge in [0.2, 0.25) is 0 Å². The van der Waals surface area contributed by atoms with Gasteiger partial charge in [0.25, 0.3) is 0 Å². The zero-order valence-electron chi connectivity index (χ0n) is 10.3. The van der Waals surface area contributed by atoms with E-state index >= 15 is 0 Å². The van der Waals surface area contributed by atoms with Gasteiger partial charge in [-0.1, -0.05) is 25.7 Å². The fraction of sp³-hybridized carbons (Fsp3) is 0.857. The predicted molar refractivity (Wildman–Crippen MR) is 68.1 cm³/mol. The lowest BCUT2D eigenvalue weighted by molar-refractivity contribution is 0.141. The van der Waals surface area contributed by atoms with Crippen LogP contribution >= 0.6 is 0 Å². The number of aliphatic hydroxyl groups is 1. The molecule has 0 spiro atoms. The van der Waals surface area contributed by atoms with Crippen LogP contribution in [-0.4, -0.2) is 24.3 Å². The minimum Gasteiger partial charge on any atom is -0.392 e. The Morgan fingerprint density at radius 3 is 2.75 bits per heavy atom. The molecule has 1 unspecified atom stereocenters. The highest BCUT2D eigenvalue weighted by atomic mass is 16.3. The van der Waals surface area contributed by atoms with Crippen LogP contribution in [0.4, 0.5) is 0 Å². The first kappa shape index (κ1) is 13.5. The zero-order chi connectivity index (χ0) is 11.6. The first-order chi connectivity index (χ1) is 7.83. The molecule has 1 fully saturated rings. The number of aliphatic hydroxyl groups excluding tert-OH is 1. The Morgan fingerprint density at radius 2 is 2.06 bits per heavy atom. The zero-order valence-corrected chi connectivity index (χ0v) is 10.3. The molecule has 16 heavy (non-hydrogen) atoms. The number of rotatable bonds is 8. The van der Waals surface area contributed by atoms with Crippen LogP contribution in [-0.2, 0) is 0 Å². The molecule has 0 saturated heterocycles. The van der Waals surface area contributed by atoms with Crippen molar-refractivity contribution in [3.05, 3.63) is 0 Å². The van der Waals surface area contributed by atoms with Gasteiger partial charge in [-0.2, -0.15) is 0 Å². The van der Waals surface area contributed by atoms with Crippen molar-refractivity contribution in [2.45, 2.75) is 57.5 Å². The van der Waals surface area contributed by atoms with E-state index in [-0.39, 0.29) is 6.10 Å². The molecule has 92 valence electrons. The van der Waals surface area contributed by atoms with Crippen LogP contribution in [0.2, 0.25) is 0 Å². The van der Waals surface area contributed by atoms with E-state index in [2.05, 4.69) is 11.2 Å². The molecule has 0 aliphatic heterocycles. The summed E-state index contributed by atoms with van der Waals surface area (Å²) < 4.78 is 0. The van der Waals surface area contributed by atoms with E-state index in [0.29, 0.717) is 0 Å². The standard InChI is InChI=1S/C14H25NO/c1-2-3-4-7-10-15-12-14(16)11-13-8-5-6-9-13/h1,13-16H,3-12H2. The third-order valence-electron chi connectivity index (χ3n) is 3.38. The second-order valence-corrected chi connectivity index (χ2v) is 4.91. The molecule has 0 amide bonds. The number of hydrogen-bond acceptors (Lipinski definition) is 2. The smallest absolute Gasteiger partial charge is 0.0667 e. The Kier molecular flexibility index (Phi) is 7.29. The van der Waals surface area contributed by atoms with Gasteiger partial charge in [-0.15, -0.1) is 12.3 Å². The second kappa shape index (κ2) is 8.61. The molecule has 0 heterocycles. The normalized spacial score (nSPS) is 18.5. The summed E-state index contributed by atoms with van der Waals surface area (Å²) in [6.07, 6.45) is 14.4. The highest BCUT2D eigenvalue weighted by Crippen LogP contribution is 2.28. The highest BCUT2D eigenvalue weighted by Gasteiger charge is 2.18. The van der Waals surface area contributed by atoms with Gasteiger partial charge in [-0.3, -0.25) is 0 Å². The minimum atomic E-state index is -0.157. The molecule has 0 aromatic rings. The van der Waals surface area contributed by atoms with E-state index in [9.17, 15) is 5.11 Å². The van der Waals surface area contributed by atoms with E-state index in [4.69, 9.17) is 6.42 Å². The number of hydrogen-bond donors (Lipinski definition) is 2. The van der Waals surface area contributed by atoms with Crippen LogP contribution in [0.3, 0.4) is 0 Å². The largest absolute Gasteiger partial charge is 0.392 e. The quantitative estimate of drug-likeness (QED) is 0.489. The molecule has 1 aliphatic rings. The fourth-order valence-electron chi connectivity index (χ4n) is 2.46.